The number of imidazole rings is 1. The van der Waals surface area contributed by atoms with Crippen LogP contribution in [-0.4, -0.2) is 27.6 Å². The lowest BCUT2D eigenvalue weighted by atomic mass is 9.94. The number of rotatable bonds is 4. The molecule has 4 nitrogen and oxygen atoms in total. The second-order valence-electron chi connectivity index (χ2n) is 7.60. The summed E-state index contributed by atoms with van der Waals surface area (Å²) in [5.41, 5.74) is 2.86. The summed E-state index contributed by atoms with van der Waals surface area (Å²) in [6.07, 6.45) is 3.67. The summed E-state index contributed by atoms with van der Waals surface area (Å²) < 4.78 is 2.39. The molecule has 28 heavy (non-hydrogen) atoms. The zero-order chi connectivity index (χ0) is 19.1. The molecule has 4 aromatic rings. The average molecular weight is 411 g/mol. The molecule has 1 aliphatic heterocycles. The Labute approximate surface area is 173 Å². The number of para-hydroxylation sites is 1. The van der Waals surface area contributed by atoms with E-state index >= 15 is 0 Å². The first-order valence-corrected chi connectivity index (χ1v) is 11.1. The molecule has 144 valence electrons. The first-order valence-electron chi connectivity index (χ1n) is 9.92. The molecule has 0 saturated carbocycles. The molecule has 0 radical (unpaired) electrons. The number of pyridine rings is 1. The molecular formula is C22H23ClN4S. The lowest BCUT2D eigenvalue weighted by molar-refractivity contribution is 0.340. The quantitative estimate of drug-likeness (QED) is 0.441. The molecule has 0 unspecified atom stereocenters. The second-order valence-corrected chi connectivity index (χ2v) is 9.24. The molecule has 4 heterocycles. The average Bonchev–Trinajstić information content (AvgIpc) is 3.31. The van der Waals surface area contributed by atoms with Gasteiger partial charge in [-0.3, -0.25) is 0 Å². The van der Waals surface area contributed by atoms with Crippen LogP contribution in [0.3, 0.4) is 0 Å². The van der Waals surface area contributed by atoms with E-state index in [-0.39, 0.29) is 0 Å². The van der Waals surface area contributed by atoms with Crippen LogP contribution in [0.2, 0.25) is 5.15 Å². The fourth-order valence-electron chi connectivity index (χ4n) is 4.24. The van der Waals surface area contributed by atoms with Crippen molar-refractivity contribution in [2.45, 2.75) is 32.7 Å². The van der Waals surface area contributed by atoms with Crippen LogP contribution >= 0.6 is 22.9 Å². The van der Waals surface area contributed by atoms with Crippen LogP contribution in [0, 0.1) is 12.8 Å². The molecule has 0 bridgehead atoms. The van der Waals surface area contributed by atoms with Crippen LogP contribution in [0.15, 0.2) is 36.4 Å². The molecule has 0 aliphatic carbocycles. The van der Waals surface area contributed by atoms with Crippen LogP contribution in [0.25, 0.3) is 32.6 Å². The highest BCUT2D eigenvalue weighted by atomic mass is 35.5. The molecule has 1 N–H and O–H groups in total. The molecular weight excluding hydrogens is 388 g/mol. The van der Waals surface area contributed by atoms with Crippen molar-refractivity contribution in [3.05, 3.63) is 46.4 Å². The van der Waals surface area contributed by atoms with Crippen molar-refractivity contribution in [1.29, 1.82) is 0 Å². The third kappa shape index (κ3) is 3.21. The molecule has 0 atom stereocenters. The van der Waals surface area contributed by atoms with E-state index in [4.69, 9.17) is 16.6 Å². The van der Waals surface area contributed by atoms with Gasteiger partial charge in [0.2, 0.25) is 0 Å². The van der Waals surface area contributed by atoms with E-state index in [1.54, 1.807) is 11.3 Å². The number of halogens is 1. The van der Waals surface area contributed by atoms with Gasteiger partial charge < -0.3 is 9.88 Å². The van der Waals surface area contributed by atoms with Gasteiger partial charge in [0, 0.05) is 16.8 Å². The van der Waals surface area contributed by atoms with Gasteiger partial charge in [0.1, 0.15) is 5.52 Å². The Kier molecular flexibility index (Phi) is 4.83. The van der Waals surface area contributed by atoms with Gasteiger partial charge in [0.15, 0.2) is 11.0 Å². The Morgan fingerprint density at radius 2 is 1.96 bits per heavy atom. The van der Waals surface area contributed by atoms with Crippen molar-refractivity contribution in [1.82, 2.24) is 19.9 Å². The van der Waals surface area contributed by atoms with Crippen molar-refractivity contribution in [2.24, 2.45) is 5.92 Å². The highest BCUT2D eigenvalue weighted by Gasteiger charge is 2.21. The van der Waals surface area contributed by atoms with Gasteiger partial charge in [-0.05, 0) is 63.4 Å². The van der Waals surface area contributed by atoms with Crippen LogP contribution in [0.5, 0.6) is 0 Å². The molecule has 6 heteroatoms. The number of thiophene rings is 1. The first kappa shape index (κ1) is 18.1. The Bertz CT molecular complexity index is 1140. The standard InChI is InChI=1S/C22H23ClN4S/c1-14-6-7-18(28-14)22-26-19-20(16-4-2-3-5-17(16)25-21(19)23)27(22)13-10-15-8-11-24-12-9-15/h2-7,15,24H,8-13H2,1H3. The Morgan fingerprint density at radius 3 is 2.75 bits per heavy atom. The highest BCUT2D eigenvalue weighted by Crippen LogP contribution is 2.36. The summed E-state index contributed by atoms with van der Waals surface area (Å²) in [6.45, 7) is 5.36. The third-order valence-corrected chi connectivity index (χ3v) is 6.98. The summed E-state index contributed by atoms with van der Waals surface area (Å²) in [5.74, 6) is 1.78. The van der Waals surface area contributed by atoms with E-state index in [2.05, 4.69) is 46.1 Å². The minimum atomic E-state index is 0.490. The normalized spacial score (nSPS) is 15.6. The number of nitrogens with zero attached hydrogens (tertiary/aromatic N) is 3. The van der Waals surface area contributed by atoms with Gasteiger partial charge in [0.25, 0.3) is 0 Å². The van der Waals surface area contributed by atoms with Gasteiger partial charge >= 0.3 is 0 Å². The van der Waals surface area contributed by atoms with Crippen LogP contribution < -0.4 is 5.32 Å². The zero-order valence-electron chi connectivity index (χ0n) is 15.9. The van der Waals surface area contributed by atoms with Gasteiger partial charge in [-0.2, -0.15) is 0 Å². The molecule has 1 aliphatic rings. The lowest BCUT2D eigenvalue weighted by Gasteiger charge is -2.23. The number of nitrogens with one attached hydrogen (secondary N) is 1. The predicted molar refractivity (Wildman–Crippen MR) is 118 cm³/mol. The summed E-state index contributed by atoms with van der Waals surface area (Å²) in [7, 11) is 0. The van der Waals surface area contributed by atoms with Crippen molar-refractivity contribution in [3.63, 3.8) is 0 Å². The number of piperidine rings is 1. The van der Waals surface area contributed by atoms with Crippen LogP contribution in [0.1, 0.15) is 24.1 Å². The third-order valence-electron chi connectivity index (χ3n) is 5.72. The van der Waals surface area contributed by atoms with Gasteiger partial charge in [0.05, 0.1) is 15.9 Å². The summed E-state index contributed by atoms with van der Waals surface area (Å²) in [4.78, 5) is 12.1. The smallest absolute Gasteiger partial charge is 0.157 e. The SMILES string of the molecule is Cc1ccc(-c2nc3c(Cl)nc4ccccc4c3n2CCC2CCNCC2)s1. The molecule has 5 rings (SSSR count). The van der Waals surface area contributed by atoms with Crippen molar-refractivity contribution in [2.75, 3.05) is 13.1 Å². The molecule has 0 spiro atoms. The summed E-state index contributed by atoms with van der Waals surface area (Å²) in [6, 6.07) is 12.6. The lowest BCUT2D eigenvalue weighted by Crippen LogP contribution is -2.28. The summed E-state index contributed by atoms with van der Waals surface area (Å²) in [5, 5.41) is 5.08. The number of hydrogen-bond acceptors (Lipinski definition) is 4. The number of hydrogen-bond donors (Lipinski definition) is 1. The van der Waals surface area contributed by atoms with Crippen molar-refractivity contribution in [3.8, 4) is 10.7 Å². The summed E-state index contributed by atoms with van der Waals surface area (Å²) >= 11 is 8.36. The number of aromatic nitrogens is 3. The maximum absolute atomic E-state index is 6.57. The topological polar surface area (TPSA) is 42.7 Å². The highest BCUT2D eigenvalue weighted by molar-refractivity contribution is 7.15. The monoisotopic (exact) mass is 410 g/mol. The van der Waals surface area contributed by atoms with Crippen molar-refractivity contribution < 1.29 is 0 Å². The molecule has 1 aromatic carbocycles. The fourth-order valence-corrected chi connectivity index (χ4v) is 5.33. The Morgan fingerprint density at radius 1 is 1.14 bits per heavy atom. The van der Waals surface area contributed by atoms with Gasteiger partial charge in [-0.15, -0.1) is 11.3 Å². The minimum absolute atomic E-state index is 0.490. The van der Waals surface area contributed by atoms with Gasteiger partial charge in [-0.1, -0.05) is 29.8 Å². The number of fused-ring (bicyclic) bond motifs is 3. The number of benzene rings is 1. The van der Waals surface area contributed by atoms with E-state index in [1.165, 1.54) is 29.0 Å². The first-order chi connectivity index (χ1) is 13.7. The molecule has 0 amide bonds. The maximum Gasteiger partial charge on any atom is 0.157 e. The molecule has 1 saturated heterocycles. The van der Waals surface area contributed by atoms with Gasteiger partial charge in [-0.25, -0.2) is 9.97 Å². The van der Waals surface area contributed by atoms with E-state index in [1.807, 2.05) is 12.1 Å². The Hall–Kier alpha value is -1.95. The number of aryl methyl sites for hydroxylation is 2. The maximum atomic E-state index is 6.57. The van der Waals surface area contributed by atoms with E-state index in [0.717, 1.165) is 53.3 Å². The van der Waals surface area contributed by atoms with Crippen molar-refractivity contribution >= 4 is 44.9 Å². The Balaban J connectivity index is 1.68. The minimum Gasteiger partial charge on any atom is -0.323 e. The largest absolute Gasteiger partial charge is 0.323 e. The van der Waals surface area contributed by atoms with E-state index in [0.29, 0.717) is 5.15 Å². The van der Waals surface area contributed by atoms with E-state index < -0.39 is 0 Å². The fraction of sp³-hybridized carbons (Fsp3) is 0.364. The van der Waals surface area contributed by atoms with Crippen LogP contribution in [0.4, 0.5) is 0 Å². The molecule has 1 fully saturated rings. The second kappa shape index (κ2) is 7.47. The zero-order valence-corrected chi connectivity index (χ0v) is 17.5. The van der Waals surface area contributed by atoms with Crippen LogP contribution in [-0.2, 0) is 6.54 Å². The predicted octanol–water partition coefficient (Wildman–Crippen LogP) is 5.66. The molecule has 3 aromatic heterocycles. The van der Waals surface area contributed by atoms with E-state index in [9.17, 15) is 0 Å².